The lowest BCUT2D eigenvalue weighted by molar-refractivity contribution is -0.176. The van der Waals surface area contributed by atoms with E-state index in [1.807, 2.05) is 125 Å². The molecule has 1 aliphatic heterocycles. The van der Waals surface area contributed by atoms with Gasteiger partial charge in [0.2, 0.25) is 0 Å². The number of likely N-dealkylation sites (N-methyl/N-ethyl adjacent to an activating group) is 4. The number of carbonyl (C=O) groups excluding carboxylic acids is 8. The SMILES string of the molecule is CC(C)CC1C(=O)O[C@H](Cc2ccc(Cn3ccnc3)cc2)C(=O)N(C)C(CC(C)C)C(=O)O[C@H](C)C(=O)N(C)[C@@H](CC(C)C)C(=O)O[C@H](Cc2ccc(Cn3ccnc3)cc2)C(=O)N(C)[C@@H](CC(C)C)C(=O)O[C@H](C)C(=O)N1C. The summed E-state index contributed by atoms with van der Waals surface area (Å²) in [5.41, 5.74) is 3.12. The van der Waals surface area contributed by atoms with Gasteiger partial charge in [-0.1, -0.05) is 104 Å². The van der Waals surface area contributed by atoms with E-state index in [9.17, 15) is 38.4 Å². The average molecular weight is 1110 g/mol. The van der Waals surface area contributed by atoms with Crippen molar-refractivity contribution in [2.24, 2.45) is 23.7 Å². The number of imidazole rings is 2. The highest BCUT2D eigenvalue weighted by Crippen LogP contribution is 2.25. The first-order chi connectivity index (χ1) is 37.7. The van der Waals surface area contributed by atoms with Crippen molar-refractivity contribution in [2.75, 3.05) is 28.2 Å². The van der Waals surface area contributed by atoms with Crippen molar-refractivity contribution in [1.82, 2.24) is 38.7 Å². The molecule has 0 N–H and O–H groups in total. The summed E-state index contributed by atoms with van der Waals surface area (Å²) in [7, 11) is 5.58. The number of hydrogen-bond donors (Lipinski definition) is 0. The molecular weight excluding hydrogens is 1020 g/mol. The highest BCUT2D eigenvalue weighted by Gasteiger charge is 2.43. The molecule has 0 radical (unpaired) electrons. The van der Waals surface area contributed by atoms with Crippen molar-refractivity contribution in [3.8, 4) is 0 Å². The topological polar surface area (TPSA) is 222 Å². The summed E-state index contributed by atoms with van der Waals surface area (Å²) in [5.74, 6) is -7.39. The molecule has 80 heavy (non-hydrogen) atoms. The molecule has 20 nitrogen and oxygen atoms in total. The van der Waals surface area contributed by atoms with E-state index in [0.717, 1.165) is 30.7 Å². The van der Waals surface area contributed by atoms with Crippen LogP contribution in [0.3, 0.4) is 0 Å². The quantitative estimate of drug-likeness (QED) is 0.0907. The molecule has 1 fully saturated rings. The van der Waals surface area contributed by atoms with Crippen molar-refractivity contribution >= 4 is 47.5 Å². The number of rotatable bonds is 16. The largest absolute Gasteiger partial charge is 0.451 e. The lowest BCUT2D eigenvalue weighted by Crippen LogP contribution is -2.55. The van der Waals surface area contributed by atoms with Crippen LogP contribution in [0.4, 0.5) is 0 Å². The summed E-state index contributed by atoms with van der Waals surface area (Å²) in [4.78, 5) is 130. The van der Waals surface area contributed by atoms with Gasteiger partial charge in [-0.15, -0.1) is 0 Å². The van der Waals surface area contributed by atoms with Crippen molar-refractivity contribution in [3.05, 3.63) is 108 Å². The van der Waals surface area contributed by atoms with E-state index in [-0.39, 0.29) is 62.2 Å². The second-order valence-electron chi connectivity index (χ2n) is 22.9. The standard InChI is InChI=1S/C60H84N8O12/c1-37(2)27-47-57(73)77-41(9)53(69)63(11)50(30-40(7)8)60(76)80-52(32-44-17-21-46(22-18-44)34-68-26-24-62-36-68)56(72)66(14)48(28-38(3)4)58(74)78-42(10)54(70)64(12)49(29-39(5)6)59(75)79-51(55(71)65(47)13)31-43-15-19-45(20-16-43)33-67-25-23-61-35-67/h15-26,35-42,47-52H,27-34H2,1-14H3/t41-,42-,47+,48?,49+,50?,51-,52-/m1/s1. The van der Waals surface area contributed by atoms with Crippen LogP contribution in [0.1, 0.15) is 117 Å². The van der Waals surface area contributed by atoms with E-state index in [1.54, 1.807) is 25.0 Å². The summed E-state index contributed by atoms with van der Waals surface area (Å²) in [6.45, 7) is 18.6. The number of cyclic esters (lactones) is 4. The van der Waals surface area contributed by atoms with Crippen LogP contribution in [-0.2, 0) is 83.2 Å². The first-order valence-electron chi connectivity index (χ1n) is 27.7. The summed E-state index contributed by atoms with van der Waals surface area (Å²) in [5, 5.41) is 0. The predicted octanol–water partition coefficient (Wildman–Crippen LogP) is 6.15. The van der Waals surface area contributed by atoms with Crippen molar-refractivity contribution in [1.29, 1.82) is 0 Å². The lowest BCUT2D eigenvalue weighted by Gasteiger charge is -2.35. The average Bonchev–Trinajstić information content (AvgIpc) is 4.14. The lowest BCUT2D eigenvalue weighted by atomic mass is 9.99. The minimum Gasteiger partial charge on any atom is -0.451 e. The molecule has 4 aromatic rings. The van der Waals surface area contributed by atoms with Crippen molar-refractivity contribution < 1.29 is 57.3 Å². The van der Waals surface area contributed by atoms with Gasteiger partial charge in [-0.05, 0) is 85.5 Å². The molecule has 2 aromatic heterocycles. The van der Waals surface area contributed by atoms with E-state index in [4.69, 9.17) is 18.9 Å². The van der Waals surface area contributed by atoms with Gasteiger partial charge in [-0.2, -0.15) is 0 Å². The number of esters is 4. The maximum atomic E-state index is 15.0. The van der Waals surface area contributed by atoms with Gasteiger partial charge < -0.3 is 47.7 Å². The molecule has 2 aromatic carbocycles. The molecule has 1 aliphatic rings. The van der Waals surface area contributed by atoms with Crippen LogP contribution < -0.4 is 0 Å². The number of nitrogens with zero attached hydrogens (tertiary/aromatic N) is 8. The zero-order valence-electron chi connectivity index (χ0n) is 49.1. The molecule has 0 aliphatic carbocycles. The highest BCUT2D eigenvalue weighted by atomic mass is 16.6. The molecule has 2 unspecified atom stereocenters. The zero-order valence-corrected chi connectivity index (χ0v) is 49.1. The van der Waals surface area contributed by atoms with Crippen LogP contribution in [0, 0.1) is 23.7 Å². The van der Waals surface area contributed by atoms with Gasteiger partial charge in [0.15, 0.2) is 24.4 Å². The third kappa shape index (κ3) is 17.8. The van der Waals surface area contributed by atoms with E-state index in [0.29, 0.717) is 24.2 Å². The van der Waals surface area contributed by atoms with E-state index in [2.05, 4.69) is 9.97 Å². The maximum absolute atomic E-state index is 15.0. The molecule has 0 spiro atoms. The third-order valence-corrected chi connectivity index (χ3v) is 14.2. The molecule has 3 heterocycles. The molecule has 1 saturated heterocycles. The van der Waals surface area contributed by atoms with Gasteiger partial charge in [0, 0.05) is 78.9 Å². The Morgan fingerprint density at radius 2 is 0.662 bits per heavy atom. The molecule has 4 amide bonds. The van der Waals surface area contributed by atoms with E-state index in [1.165, 1.54) is 42.0 Å². The Morgan fingerprint density at radius 1 is 0.400 bits per heavy atom. The van der Waals surface area contributed by atoms with Crippen molar-refractivity contribution in [3.63, 3.8) is 0 Å². The molecule has 0 saturated carbocycles. The van der Waals surface area contributed by atoms with Crippen molar-refractivity contribution in [2.45, 2.75) is 169 Å². The zero-order chi connectivity index (χ0) is 59.1. The number of benzene rings is 2. The van der Waals surface area contributed by atoms with E-state index >= 15 is 0 Å². The number of aromatic nitrogens is 4. The Bertz CT molecular complexity index is 2490. The minimum absolute atomic E-state index is 0.0861. The van der Waals surface area contributed by atoms with Gasteiger partial charge in [0.25, 0.3) is 23.6 Å². The monoisotopic (exact) mass is 1110 g/mol. The molecule has 436 valence electrons. The summed E-state index contributed by atoms with van der Waals surface area (Å²) >= 11 is 0. The van der Waals surface area contributed by atoms with Gasteiger partial charge in [-0.25, -0.2) is 29.1 Å². The number of hydrogen-bond acceptors (Lipinski definition) is 14. The Morgan fingerprint density at radius 3 is 0.925 bits per heavy atom. The molecule has 20 heteroatoms. The Labute approximate surface area is 471 Å². The summed E-state index contributed by atoms with van der Waals surface area (Å²) < 4.78 is 28.0. The fourth-order valence-electron chi connectivity index (χ4n) is 9.65. The number of ether oxygens (including phenoxy) is 4. The first-order valence-corrected chi connectivity index (χ1v) is 27.7. The van der Waals surface area contributed by atoms with Crippen LogP contribution in [-0.4, -0.2) is 163 Å². The van der Waals surface area contributed by atoms with Crippen LogP contribution >= 0.6 is 0 Å². The predicted molar refractivity (Wildman–Crippen MR) is 298 cm³/mol. The highest BCUT2D eigenvalue weighted by molar-refractivity contribution is 5.94. The smallest absolute Gasteiger partial charge is 0.329 e. The Kier molecular flexibility index (Phi) is 23.2. The summed E-state index contributed by atoms with van der Waals surface area (Å²) in [6, 6.07) is 9.64. The van der Waals surface area contributed by atoms with Crippen LogP contribution in [0.2, 0.25) is 0 Å². The maximum Gasteiger partial charge on any atom is 0.329 e. The second-order valence-corrected chi connectivity index (χ2v) is 22.9. The summed E-state index contributed by atoms with van der Waals surface area (Å²) in [6.07, 6.45) is 4.48. The van der Waals surface area contributed by atoms with Gasteiger partial charge >= 0.3 is 23.9 Å². The number of carbonyl (C=O) groups is 8. The molecule has 5 rings (SSSR count). The van der Waals surface area contributed by atoms with E-state index < -0.39 is 96.1 Å². The van der Waals surface area contributed by atoms with Crippen LogP contribution in [0.5, 0.6) is 0 Å². The van der Waals surface area contributed by atoms with Gasteiger partial charge in [0.1, 0.15) is 24.2 Å². The molecule has 0 bridgehead atoms. The minimum atomic E-state index is -1.53. The first kappa shape index (κ1) is 63.5. The van der Waals surface area contributed by atoms with Crippen LogP contribution in [0.15, 0.2) is 86.0 Å². The fourth-order valence-corrected chi connectivity index (χ4v) is 9.65. The fraction of sp³-hybridized carbons (Fsp3) is 0.567. The van der Waals surface area contributed by atoms with Crippen LogP contribution in [0.25, 0.3) is 0 Å². The van der Waals surface area contributed by atoms with Gasteiger partial charge in [0.05, 0.1) is 12.7 Å². The normalized spacial score (nSPS) is 23.2. The molecule has 8 atom stereocenters. The Balaban J connectivity index is 1.59. The Hall–Kier alpha value is -7.38. The molecular formula is C60H84N8O12. The number of amides is 4. The third-order valence-electron chi connectivity index (χ3n) is 14.2. The second kappa shape index (κ2) is 29.2. The van der Waals surface area contributed by atoms with Gasteiger partial charge in [-0.3, -0.25) is 19.2 Å².